The molecule has 0 fully saturated rings. The van der Waals surface area contributed by atoms with Crippen molar-refractivity contribution in [2.24, 2.45) is 0 Å². The third kappa shape index (κ3) is 3.62. The van der Waals surface area contributed by atoms with Crippen molar-refractivity contribution in [3.8, 4) is 5.69 Å². The summed E-state index contributed by atoms with van der Waals surface area (Å²) in [6, 6.07) is 2.54. The van der Waals surface area contributed by atoms with E-state index in [-0.39, 0.29) is 43.6 Å². The number of nitrogens with zero attached hydrogens (tertiary/aromatic N) is 5. The van der Waals surface area contributed by atoms with E-state index in [1.807, 2.05) is 0 Å². The third-order valence-electron chi connectivity index (χ3n) is 4.63. The van der Waals surface area contributed by atoms with Crippen LogP contribution >= 0.6 is 34.8 Å². The van der Waals surface area contributed by atoms with E-state index in [1.165, 1.54) is 4.57 Å². The van der Waals surface area contributed by atoms with Gasteiger partial charge in [-0.2, -0.15) is 15.1 Å². The number of fused-ring (bicyclic) bond motifs is 1. The highest BCUT2D eigenvalue weighted by molar-refractivity contribution is 6.39. The Labute approximate surface area is 190 Å². The van der Waals surface area contributed by atoms with Crippen LogP contribution in [-0.4, -0.2) is 29.7 Å². The molecular formula is C18H16Cl3N9O. The van der Waals surface area contributed by atoms with E-state index in [1.54, 1.807) is 32.2 Å². The molecule has 160 valence electrons. The summed E-state index contributed by atoms with van der Waals surface area (Å²) in [4.78, 5) is 26.1. The Morgan fingerprint density at radius 3 is 2.52 bits per heavy atom. The molecule has 0 radical (unpaired) electrons. The van der Waals surface area contributed by atoms with Crippen LogP contribution in [-0.2, 0) is 0 Å². The van der Waals surface area contributed by atoms with Crippen LogP contribution in [0.2, 0.25) is 15.1 Å². The molecule has 0 saturated heterocycles. The second-order valence-corrected chi connectivity index (χ2v) is 7.91. The molecule has 0 aliphatic carbocycles. The van der Waals surface area contributed by atoms with E-state index in [4.69, 9.17) is 46.3 Å². The highest BCUT2D eigenvalue weighted by Crippen LogP contribution is 2.31. The number of hydrogen-bond donors (Lipinski definition) is 4. The summed E-state index contributed by atoms with van der Waals surface area (Å²) in [5.41, 5.74) is 12.4. The van der Waals surface area contributed by atoms with Crippen molar-refractivity contribution in [3.63, 3.8) is 0 Å². The molecule has 0 saturated carbocycles. The number of halogens is 3. The molecule has 4 aromatic rings. The van der Waals surface area contributed by atoms with Crippen LogP contribution in [0.3, 0.4) is 0 Å². The molecule has 3 aromatic heterocycles. The standard InChI is InChI=1S/C18H16Cl3N9O/c1-6-10(5-24-29-6)30-16(7(2)25-15-12(21)14(22)27-18(23)28-15)26-13-9(20)4-3-8(19)11(13)17(30)31/h3-5,7H,1-2H3,(H,24,29)(H5,22,23,25,27,28). The fourth-order valence-electron chi connectivity index (χ4n) is 3.18. The average Bonchev–Trinajstić information content (AvgIpc) is 3.13. The highest BCUT2D eigenvalue weighted by atomic mass is 35.5. The van der Waals surface area contributed by atoms with E-state index in [0.717, 1.165) is 0 Å². The van der Waals surface area contributed by atoms with E-state index in [0.29, 0.717) is 17.2 Å². The Hall–Kier alpha value is -3.08. The molecule has 1 atom stereocenters. The summed E-state index contributed by atoms with van der Waals surface area (Å²) in [5.74, 6) is 0.480. The lowest BCUT2D eigenvalue weighted by atomic mass is 10.2. The predicted octanol–water partition coefficient (Wildman–Crippen LogP) is 3.50. The van der Waals surface area contributed by atoms with Gasteiger partial charge in [0, 0.05) is 6.20 Å². The fraction of sp³-hybridized carbons (Fsp3) is 0.167. The van der Waals surface area contributed by atoms with Gasteiger partial charge in [0.1, 0.15) is 16.7 Å². The number of rotatable bonds is 4. The monoisotopic (exact) mass is 479 g/mol. The number of nitrogen functional groups attached to an aromatic ring is 2. The van der Waals surface area contributed by atoms with Gasteiger partial charge in [-0.15, -0.1) is 0 Å². The molecule has 0 amide bonds. The van der Waals surface area contributed by atoms with Gasteiger partial charge in [-0.25, -0.2) is 4.98 Å². The molecule has 0 aliphatic rings. The van der Waals surface area contributed by atoms with Crippen LogP contribution < -0.4 is 22.3 Å². The molecule has 13 heteroatoms. The number of benzene rings is 1. The predicted molar refractivity (Wildman–Crippen MR) is 122 cm³/mol. The molecule has 0 bridgehead atoms. The Morgan fingerprint density at radius 2 is 1.84 bits per heavy atom. The molecule has 10 nitrogen and oxygen atoms in total. The van der Waals surface area contributed by atoms with Crippen LogP contribution in [0.25, 0.3) is 16.6 Å². The minimum atomic E-state index is -0.590. The average molecular weight is 481 g/mol. The molecule has 1 aromatic carbocycles. The van der Waals surface area contributed by atoms with Crippen LogP contribution in [0.4, 0.5) is 17.6 Å². The van der Waals surface area contributed by atoms with Crippen LogP contribution in [0, 0.1) is 6.92 Å². The minimum Gasteiger partial charge on any atom is -0.382 e. The SMILES string of the molecule is Cc1n[nH]cc1-n1c(C(C)Nc2nc(N)nc(N)c2Cl)nc2c(Cl)ccc(Cl)c2c1=O. The van der Waals surface area contributed by atoms with Crippen LogP contribution in [0.15, 0.2) is 23.1 Å². The third-order valence-corrected chi connectivity index (χ3v) is 5.62. The number of nitrogens with one attached hydrogen (secondary N) is 2. The maximum atomic E-state index is 13.5. The summed E-state index contributed by atoms with van der Waals surface area (Å²) < 4.78 is 1.41. The zero-order valence-corrected chi connectivity index (χ0v) is 18.5. The molecule has 4 rings (SSSR count). The minimum absolute atomic E-state index is 0.0215. The highest BCUT2D eigenvalue weighted by Gasteiger charge is 2.23. The summed E-state index contributed by atoms with van der Waals surface area (Å²) in [5, 5.41) is 10.7. The van der Waals surface area contributed by atoms with Crippen molar-refractivity contribution in [2.75, 3.05) is 16.8 Å². The van der Waals surface area contributed by atoms with Gasteiger partial charge in [0.05, 0.1) is 38.4 Å². The first-order valence-corrected chi connectivity index (χ1v) is 10.1. The van der Waals surface area contributed by atoms with Gasteiger partial charge in [-0.05, 0) is 26.0 Å². The first-order valence-electron chi connectivity index (χ1n) is 8.95. The Bertz CT molecular complexity index is 1380. The van der Waals surface area contributed by atoms with Crippen molar-refractivity contribution < 1.29 is 0 Å². The topological polar surface area (TPSA) is 153 Å². The van der Waals surface area contributed by atoms with E-state index in [9.17, 15) is 4.79 Å². The number of H-pyrrole nitrogens is 1. The van der Waals surface area contributed by atoms with Gasteiger partial charge >= 0.3 is 0 Å². The van der Waals surface area contributed by atoms with Gasteiger partial charge in [0.25, 0.3) is 5.56 Å². The van der Waals surface area contributed by atoms with Gasteiger partial charge < -0.3 is 16.8 Å². The van der Waals surface area contributed by atoms with Crippen molar-refractivity contribution in [1.82, 2.24) is 29.7 Å². The molecule has 0 spiro atoms. The quantitative estimate of drug-likeness (QED) is 0.346. The number of hydrogen-bond acceptors (Lipinski definition) is 8. The van der Waals surface area contributed by atoms with Gasteiger partial charge in [-0.3, -0.25) is 14.5 Å². The number of aromatic amines is 1. The second kappa shape index (κ2) is 7.88. The fourth-order valence-corrected chi connectivity index (χ4v) is 3.76. The molecule has 1 unspecified atom stereocenters. The first-order chi connectivity index (χ1) is 14.7. The lowest BCUT2D eigenvalue weighted by Gasteiger charge is -2.21. The molecule has 3 heterocycles. The van der Waals surface area contributed by atoms with Gasteiger partial charge in [0.2, 0.25) is 5.95 Å². The molecule has 0 aliphatic heterocycles. The lowest BCUT2D eigenvalue weighted by molar-refractivity contribution is 0.729. The zero-order chi connectivity index (χ0) is 22.4. The smallest absolute Gasteiger partial charge is 0.267 e. The number of anilines is 3. The van der Waals surface area contributed by atoms with Crippen molar-refractivity contribution in [3.05, 3.63) is 55.3 Å². The van der Waals surface area contributed by atoms with E-state index >= 15 is 0 Å². The van der Waals surface area contributed by atoms with E-state index < -0.39 is 11.6 Å². The lowest BCUT2D eigenvalue weighted by Crippen LogP contribution is -2.28. The zero-order valence-electron chi connectivity index (χ0n) is 16.2. The van der Waals surface area contributed by atoms with Crippen LogP contribution in [0.1, 0.15) is 24.5 Å². The second-order valence-electron chi connectivity index (χ2n) is 6.71. The maximum absolute atomic E-state index is 13.5. The van der Waals surface area contributed by atoms with Gasteiger partial charge in [0.15, 0.2) is 5.82 Å². The number of aromatic nitrogens is 6. The summed E-state index contributed by atoms with van der Waals surface area (Å²) in [6.45, 7) is 3.52. The summed E-state index contributed by atoms with van der Waals surface area (Å²) in [7, 11) is 0. The Kier molecular flexibility index (Phi) is 5.38. The Morgan fingerprint density at radius 1 is 1.13 bits per heavy atom. The molecule has 6 N–H and O–H groups in total. The largest absolute Gasteiger partial charge is 0.382 e. The van der Waals surface area contributed by atoms with Gasteiger partial charge in [-0.1, -0.05) is 34.8 Å². The summed E-state index contributed by atoms with van der Waals surface area (Å²) in [6.07, 6.45) is 1.59. The molecular weight excluding hydrogens is 465 g/mol. The van der Waals surface area contributed by atoms with E-state index in [2.05, 4.69) is 30.5 Å². The number of aryl methyl sites for hydroxylation is 1. The van der Waals surface area contributed by atoms with Crippen molar-refractivity contribution in [2.45, 2.75) is 19.9 Å². The Balaban J connectivity index is 1.98. The normalized spacial score (nSPS) is 12.3. The van der Waals surface area contributed by atoms with Crippen LogP contribution in [0.5, 0.6) is 0 Å². The molecule has 31 heavy (non-hydrogen) atoms. The maximum Gasteiger partial charge on any atom is 0.267 e. The van der Waals surface area contributed by atoms with Crippen molar-refractivity contribution >= 4 is 63.3 Å². The first kappa shape index (κ1) is 21.2. The van der Waals surface area contributed by atoms with Crippen molar-refractivity contribution in [1.29, 1.82) is 0 Å². The summed E-state index contributed by atoms with van der Waals surface area (Å²) >= 11 is 18.9. The number of nitrogens with two attached hydrogens (primary N) is 2.